The fourth-order valence-corrected chi connectivity index (χ4v) is 2.73. The van der Waals surface area contributed by atoms with E-state index in [1.807, 2.05) is 6.92 Å². The Morgan fingerprint density at radius 3 is 2.50 bits per heavy atom. The number of hydrogen-bond acceptors (Lipinski definition) is 5. The van der Waals surface area contributed by atoms with Gasteiger partial charge in [-0.25, -0.2) is 0 Å². The molecule has 0 radical (unpaired) electrons. The zero-order chi connectivity index (χ0) is 19.1. The van der Waals surface area contributed by atoms with E-state index < -0.39 is 0 Å². The summed E-state index contributed by atoms with van der Waals surface area (Å²) < 4.78 is 11.1. The third-order valence-electron chi connectivity index (χ3n) is 3.65. The summed E-state index contributed by atoms with van der Waals surface area (Å²) in [5.41, 5.74) is 0.907. The molecule has 0 atom stereocenters. The van der Waals surface area contributed by atoms with Crippen LogP contribution in [-0.2, 0) is 0 Å². The second-order valence-electron chi connectivity index (χ2n) is 5.36. The van der Waals surface area contributed by atoms with Crippen molar-refractivity contribution in [3.63, 3.8) is 0 Å². The highest BCUT2D eigenvalue weighted by atomic mass is 79.9. The standard InChI is InChI=1S/C20H20BrNO4/c1-4-22-16-8-7-14(21)12-15(20(16)24)17(23)9-5-13-6-10-18(25-2)19(11-13)26-3/h5-12H,4H2,1-3H3,(H,22,24). The molecule has 0 heterocycles. The number of allylic oxidation sites excluding steroid dienone is 1. The Morgan fingerprint density at radius 1 is 1.12 bits per heavy atom. The minimum absolute atomic E-state index is 0.0922. The van der Waals surface area contributed by atoms with Crippen LogP contribution in [0.15, 0.2) is 51.7 Å². The molecular formula is C20H20BrNO4. The molecule has 0 fully saturated rings. The van der Waals surface area contributed by atoms with Crippen LogP contribution in [-0.4, -0.2) is 26.5 Å². The zero-order valence-corrected chi connectivity index (χ0v) is 16.4. The van der Waals surface area contributed by atoms with Crippen LogP contribution in [0.1, 0.15) is 22.8 Å². The molecule has 2 rings (SSSR count). The van der Waals surface area contributed by atoms with Gasteiger partial charge in [-0.15, -0.1) is 0 Å². The van der Waals surface area contributed by atoms with Crippen molar-refractivity contribution >= 4 is 33.5 Å². The van der Waals surface area contributed by atoms with Gasteiger partial charge in [-0.2, -0.15) is 0 Å². The van der Waals surface area contributed by atoms with Crippen molar-refractivity contribution in [3.8, 4) is 11.5 Å². The Bertz CT molecular complexity index is 893. The molecule has 26 heavy (non-hydrogen) atoms. The number of anilines is 1. The third kappa shape index (κ3) is 4.73. The number of hydrogen-bond donors (Lipinski definition) is 1. The van der Waals surface area contributed by atoms with Crippen molar-refractivity contribution < 1.29 is 14.3 Å². The van der Waals surface area contributed by atoms with Gasteiger partial charge in [-0.1, -0.05) is 28.1 Å². The van der Waals surface area contributed by atoms with E-state index in [0.29, 0.717) is 28.2 Å². The lowest BCUT2D eigenvalue weighted by atomic mass is 10.1. The van der Waals surface area contributed by atoms with Crippen LogP contribution in [0.4, 0.5) is 5.69 Å². The van der Waals surface area contributed by atoms with Crippen molar-refractivity contribution in [1.29, 1.82) is 0 Å². The Hall–Kier alpha value is -2.60. The Balaban J connectivity index is 2.37. The first-order valence-electron chi connectivity index (χ1n) is 8.02. The fraction of sp³-hybridized carbons (Fsp3) is 0.200. The molecule has 0 saturated carbocycles. The van der Waals surface area contributed by atoms with E-state index in [0.717, 1.165) is 5.56 Å². The van der Waals surface area contributed by atoms with Crippen LogP contribution in [0.2, 0.25) is 0 Å². The number of carbonyl (C=O) groups is 1. The Kier molecular flexibility index (Phi) is 6.97. The van der Waals surface area contributed by atoms with Crippen molar-refractivity contribution in [2.24, 2.45) is 0 Å². The van der Waals surface area contributed by atoms with Gasteiger partial charge in [0.25, 0.3) is 0 Å². The molecule has 1 N–H and O–H groups in total. The molecule has 136 valence electrons. The number of carbonyl (C=O) groups excluding carboxylic acids is 1. The van der Waals surface area contributed by atoms with E-state index in [4.69, 9.17) is 9.47 Å². The Labute approximate surface area is 160 Å². The highest BCUT2D eigenvalue weighted by Gasteiger charge is 2.11. The summed E-state index contributed by atoms with van der Waals surface area (Å²) in [6.45, 7) is 2.48. The Morgan fingerprint density at radius 2 is 1.85 bits per heavy atom. The number of benzene rings is 1. The van der Waals surface area contributed by atoms with Crippen LogP contribution in [0.25, 0.3) is 6.08 Å². The maximum atomic E-state index is 12.6. The maximum absolute atomic E-state index is 12.6. The second kappa shape index (κ2) is 9.20. The monoisotopic (exact) mass is 417 g/mol. The van der Waals surface area contributed by atoms with Crippen molar-refractivity contribution in [3.05, 3.63) is 68.3 Å². The summed E-state index contributed by atoms with van der Waals surface area (Å²) in [5.74, 6) is 0.794. The SMILES string of the molecule is CCNc1ccc(Br)cc(C(=O)C=Cc2ccc(OC)c(OC)c2)c1=O. The number of methoxy groups -OCH3 is 2. The van der Waals surface area contributed by atoms with Crippen LogP contribution in [0.3, 0.4) is 0 Å². The zero-order valence-electron chi connectivity index (χ0n) is 14.8. The average Bonchev–Trinajstić information content (AvgIpc) is 2.79. The minimum Gasteiger partial charge on any atom is -0.493 e. The third-order valence-corrected chi connectivity index (χ3v) is 4.14. The summed E-state index contributed by atoms with van der Waals surface area (Å²) in [7, 11) is 3.10. The first-order valence-corrected chi connectivity index (χ1v) is 8.81. The first-order chi connectivity index (χ1) is 12.5. The number of halogens is 1. The maximum Gasteiger partial charge on any atom is 0.212 e. The number of ketones is 1. The largest absolute Gasteiger partial charge is 0.493 e. The van der Waals surface area contributed by atoms with E-state index >= 15 is 0 Å². The van der Waals surface area contributed by atoms with Crippen LogP contribution in [0, 0.1) is 0 Å². The van der Waals surface area contributed by atoms with Crippen molar-refractivity contribution in [2.45, 2.75) is 6.92 Å². The van der Waals surface area contributed by atoms with E-state index in [1.54, 1.807) is 50.6 Å². The lowest BCUT2D eigenvalue weighted by Gasteiger charge is -2.07. The summed E-state index contributed by atoms with van der Waals surface area (Å²) in [4.78, 5) is 25.1. The van der Waals surface area contributed by atoms with Gasteiger partial charge in [-0.3, -0.25) is 9.59 Å². The molecule has 0 aliphatic carbocycles. The van der Waals surface area contributed by atoms with E-state index in [2.05, 4.69) is 21.2 Å². The smallest absolute Gasteiger partial charge is 0.212 e. The number of nitrogens with one attached hydrogen (secondary N) is 1. The van der Waals surface area contributed by atoms with E-state index in [1.165, 1.54) is 12.1 Å². The first kappa shape index (κ1) is 19.7. The van der Waals surface area contributed by atoms with Crippen LogP contribution < -0.4 is 20.2 Å². The molecule has 0 unspecified atom stereocenters. The predicted molar refractivity (Wildman–Crippen MR) is 107 cm³/mol. The van der Waals surface area contributed by atoms with Crippen molar-refractivity contribution in [2.75, 3.05) is 26.1 Å². The van der Waals surface area contributed by atoms with E-state index in [9.17, 15) is 9.59 Å². The average molecular weight is 418 g/mol. The number of ether oxygens (including phenoxy) is 2. The molecule has 0 amide bonds. The lowest BCUT2D eigenvalue weighted by Crippen LogP contribution is -2.15. The molecule has 2 aromatic rings. The van der Waals surface area contributed by atoms with Gasteiger partial charge in [0.15, 0.2) is 17.3 Å². The van der Waals surface area contributed by atoms with Gasteiger partial charge in [-0.05, 0) is 48.9 Å². The van der Waals surface area contributed by atoms with Crippen LogP contribution >= 0.6 is 15.9 Å². The molecule has 0 bridgehead atoms. The van der Waals surface area contributed by atoms with Gasteiger partial charge in [0.2, 0.25) is 5.43 Å². The van der Waals surface area contributed by atoms with Gasteiger partial charge in [0.1, 0.15) is 0 Å². The second-order valence-corrected chi connectivity index (χ2v) is 6.28. The van der Waals surface area contributed by atoms with Gasteiger partial charge in [0.05, 0.1) is 25.5 Å². The fourth-order valence-electron chi connectivity index (χ4n) is 2.37. The van der Waals surface area contributed by atoms with Crippen molar-refractivity contribution in [1.82, 2.24) is 0 Å². The molecule has 0 aromatic heterocycles. The molecule has 0 aliphatic rings. The summed E-state index contributed by atoms with van der Waals surface area (Å²) in [6.07, 6.45) is 3.01. The van der Waals surface area contributed by atoms with E-state index in [-0.39, 0.29) is 16.8 Å². The number of rotatable bonds is 7. The highest BCUT2D eigenvalue weighted by molar-refractivity contribution is 9.10. The summed E-state index contributed by atoms with van der Waals surface area (Å²) >= 11 is 3.34. The van der Waals surface area contributed by atoms with Crippen LogP contribution in [0.5, 0.6) is 11.5 Å². The topological polar surface area (TPSA) is 64.6 Å². The molecule has 5 nitrogen and oxygen atoms in total. The molecular weight excluding hydrogens is 398 g/mol. The minimum atomic E-state index is -0.374. The van der Waals surface area contributed by atoms with Gasteiger partial charge < -0.3 is 14.8 Å². The molecule has 0 saturated heterocycles. The predicted octanol–water partition coefficient (Wildman–Crippen LogP) is 4.15. The quantitative estimate of drug-likeness (QED) is 0.541. The van der Waals surface area contributed by atoms with Gasteiger partial charge >= 0.3 is 0 Å². The van der Waals surface area contributed by atoms with Gasteiger partial charge in [0, 0.05) is 11.0 Å². The summed E-state index contributed by atoms with van der Waals surface area (Å²) in [5, 5.41) is 2.98. The molecule has 0 aliphatic heterocycles. The molecule has 6 heteroatoms. The highest BCUT2D eigenvalue weighted by Crippen LogP contribution is 2.28. The summed E-state index contributed by atoms with van der Waals surface area (Å²) in [6, 6.07) is 10.2. The lowest BCUT2D eigenvalue weighted by molar-refractivity contribution is 0.104. The molecule has 0 spiro atoms. The normalized spacial score (nSPS) is 10.6. The molecule has 2 aromatic carbocycles.